The highest BCUT2D eigenvalue weighted by Gasteiger charge is 2.32. The normalized spacial score (nSPS) is 26.0. The molecule has 10 heteroatoms. The van der Waals surface area contributed by atoms with Crippen LogP contribution >= 0.6 is 0 Å². The summed E-state index contributed by atoms with van der Waals surface area (Å²) in [4.78, 5) is 15.8. The van der Waals surface area contributed by atoms with Gasteiger partial charge in [-0.1, -0.05) is 12.2 Å². The molecular weight excluding hydrogens is 360 g/mol. The molecule has 2 heterocycles. The minimum atomic E-state index is -3.84. The highest BCUT2D eigenvalue weighted by molar-refractivity contribution is 7.89. The number of hydrogen-bond donors (Lipinski definition) is 3. The summed E-state index contributed by atoms with van der Waals surface area (Å²) >= 11 is 0. The largest absolute Gasteiger partial charge is 0.394 e. The number of aliphatic hydroxyl groups excluding tert-OH is 1. The second-order valence-corrected chi connectivity index (χ2v) is 8.42. The number of aliphatic hydroxyl groups is 1. The number of sulfonamides is 1. The van der Waals surface area contributed by atoms with Crippen molar-refractivity contribution in [1.29, 1.82) is 0 Å². The lowest BCUT2D eigenvalue weighted by atomic mass is 10.1. The van der Waals surface area contributed by atoms with Crippen LogP contribution in [0.15, 0.2) is 29.7 Å². The van der Waals surface area contributed by atoms with E-state index in [0.29, 0.717) is 12.5 Å². The third-order valence-electron chi connectivity index (χ3n) is 4.38. The van der Waals surface area contributed by atoms with Crippen LogP contribution < -0.4 is 10.0 Å². The number of carbonyl (C=O) groups excluding carboxylic acids is 1. The van der Waals surface area contributed by atoms with E-state index in [1.54, 1.807) is 19.2 Å². The van der Waals surface area contributed by atoms with Gasteiger partial charge < -0.3 is 19.7 Å². The van der Waals surface area contributed by atoms with Gasteiger partial charge in [-0.25, -0.2) is 18.1 Å². The SMILES string of the molecule is Cn1cnc(S(=O)(=O)N[C@@H]2C=C[C@@H](CC(=O)NCC3CC3)O[C@H]2CO)c1. The van der Waals surface area contributed by atoms with E-state index in [2.05, 4.69) is 15.0 Å². The van der Waals surface area contributed by atoms with Gasteiger partial charge >= 0.3 is 0 Å². The molecule has 0 bridgehead atoms. The molecule has 3 N–H and O–H groups in total. The monoisotopic (exact) mass is 384 g/mol. The Morgan fingerprint density at radius 1 is 1.42 bits per heavy atom. The fourth-order valence-electron chi connectivity index (χ4n) is 2.71. The number of rotatable bonds is 8. The van der Waals surface area contributed by atoms with Gasteiger partial charge in [-0.05, 0) is 18.8 Å². The van der Waals surface area contributed by atoms with Crippen LogP contribution in [0.1, 0.15) is 19.3 Å². The smallest absolute Gasteiger partial charge is 0.260 e. The lowest BCUT2D eigenvalue weighted by Gasteiger charge is -2.31. The van der Waals surface area contributed by atoms with Crippen LogP contribution in [0.5, 0.6) is 0 Å². The maximum atomic E-state index is 12.4. The van der Waals surface area contributed by atoms with Crippen molar-refractivity contribution in [3.63, 3.8) is 0 Å². The molecule has 26 heavy (non-hydrogen) atoms. The van der Waals surface area contributed by atoms with Gasteiger partial charge in [-0.15, -0.1) is 0 Å². The van der Waals surface area contributed by atoms with Crippen molar-refractivity contribution in [2.75, 3.05) is 13.2 Å². The first-order chi connectivity index (χ1) is 12.4. The molecule has 1 saturated carbocycles. The van der Waals surface area contributed by atoms with Crippen molar-refractivity contribution >= 4 is 15.9 Å². The van der Waals surface area contributed by atoms with Crippen molar-refractivity contribution in [2.24, 2.45) is 13.0 Å². The van der Waals surface area contributed by atoms with E-state index >= 15 is 0 Å². The predicted octanol–water partition coefficient (Wildman–Crippen LogP) is -0.701. The topological polar surface area (TPSA) is 123 Å². The highest BCUT2D eigenvalue weighted by atomic mass is 32.2. The van der Waals surface area contributed by atoms with Crippen LogP contribution in [0, 0.1) is 5.92 Å². The summed E-state index contributed by atoms with van der Waals surface area (Å²) in [6, 6.07) is -0.738. The lowest BCUT2D eigenvalue weighted by Crippen LogP contribution is -2.49. The number of carbonyl (C=O) groups is 1. The second kappa shape index (κ2) is 7.87. The standard InChI is InChI=1S/C16H24N4O5S/c1-20-8-16(18-10-20)26(23,24)19-13-5-4-12(25-14(13)9-21)6-15(22)17-7-11-2-3-11/h4-5,8,10-14,19,21H,2-3,6-7,9H2,1H3,(H,17,22)/t12-,13+,14-/m0/s1. The molecule has 1 aromatic rings. The summed E-state index contributed by atoms with van der Waals surface area (Å²) in [5, 5.41) is 12.3. The van der Waals surface area contributed by atoms with Gasteiger partial charge in [0.2, 0.25) is 5.91 Å². The summed E-state index contributed by atoms with van der Waals surface area (Å²) in [6.45, 7) is 0.311. The van der Waals surface area contributed by atoms with Crippen LogP contribution in [0.2, 0.25) is 0 Å². The number of nitrogens with zero attached hydrogens (tertiary/aromatic N) is 2. The van der Waals surface area contributed by atoms with Crippen molar-refractivity contribution in [2.45, 2.75) is 42.5 Å². The van der Waals surface area contributed by atoms with E-state index in [4.69, 9.17) is 4.74 Å². The van der Waals surface area contributed by atoms with E-state index in [0.717, 1.165) is 12.8 Å². The average Bonchev–Trinajstić information content (AvgIpc) is 3.32. The number of amides is 1. The van der Waals surface area contributed by atoms with Crippen LogP contribution in [0.3, 0.4) is 0 Å². The molecule has 1 fully saturated rings. The van der Waals surface area contributed by atoms with Crippen molar-refractivity contribution in [3.8, 4) is 0 Å². The van der Waals surface area contributed by atoms with Gasteiger partial charge in [0.15, 0.2) is 5.03 Å². The van der Waals surface area contributed by atoms with Gasteiger partial charge in [0, 0.05) is 19.8 Å². The zero-order valence-electron chi connectivity index (χ0n) is 14.5. The molecule has 144 valence electrons. The number of hydrogen-bond acceptors (Lipinski definition) is 6. The number of nitrogens with one attached hydrogen (secondary N) is 2. The van der Waals surface area contributed by atoms with Gasteiger partial charge in [0.25, 0.3) is 10.0 Å². The Morgan fingerprint density at radius 2 is 2.19 bits per heavy atom. The molecule has 1 amide bonds. The first-order valence-corrected chi connectivity index (χ1v) is 10.1. The zero-order valence-corrected chi connectivity index (χ0v) is 15.4. The summed E-state index contributed by atoms with van der Waals surface area (Å²) in [6.07, 6.45) is 7.22. The van der Waals surface area contributed by atoms with Crippen molar-refractivity contribution in [1.82, 2.24) is 19.6 Å². The minimum absolute atomic E-state index is 0.105. The molecule has 1 aromatic heterocycles. The summed E-state index contributed by atoms with van der Waals surface area (Å²) in [7, 11) is -2.17. The van der Waals surface area contributed by atoms with Crippen molar-refractivity contribution in [3.05, 3.63) is 24.7 Å². The Labute approximate surface area is 152 Å². The number of imidazole rings is 1. The quantitative estimate of drug-likeness (QED) is 0.510. The fraction of sp³-hybridized carbons (Fsp3) is 0.625. The highest BCUT2D eigenvalue weighted by Crippen LogP contribution is 2.27. The fourth-order valence-corrected chi connectivity index (χ4v) is 3.91. The van der Waals surface area contributed by atoms with E-state index in [1.165, 1.54) is 17.1 Å². The predicted molar refractivity (Wildman–Crippen MR) is 92.6 cm³/mol. The summed E-state index contributed by atoms with van der Waals surface area (Å²) in [5.74, 6) is 0.480. The Kier molecular flexibility index (Phi) is 5.76. The lowest BCUT2D eigenvalue weighted by molar-refractivity contribution is -0.125. The van der Waals surface area contributed by atoms with Gasteiger partial charge in [0.05, 0.1) is 31.5 Å². The Morgan fingerprint density at radius 3 is 2.81 bits per heavy atom. The van der Waals surface area contributed by atoms with Gasteiger partial charge in [0.1, 0.15) is 6.10 Å². The van der Waals surface area contributed by atoms with Crippen LogP contribution in [-0.2, 0) is 26.6 Å². The molecule has 3 rings (SSSR count). The van der Waals surface area contributed by atoms with E-state index in [1.807, 2.05) is 0 Å². The summed E-state index contributed by atoms with van der Waals surface area (Å²) < 4.78 is 34.4. The molecule has 0 unspecified atom stereocenters. The average molecular weight is 384 g/mol. The number of ether oxygens (including phenoxy) is 1. The maximum absolute atomic E-state index is 12.4. The Hall–Kier alpha value is -1.75. The minimum Gasteiger partial charge on any atom is -0.394 e. The molecule has 0 radical (unpaired) electrons. The maximum Gasteiger partial charge on any atom is 0.260 e. The molecule has 1 aliphatic carbocycles. The molecule has 0 aromatic carbocycles. The summed E-state index contributed by atoms with van der Waals surface area (Å²) in [5.41, 5.74) is 0. The zero-order chi connectivity index (χ0) is 18.7. The molecule has 0 saturated heterocycles. The van der Waals surface area contributed by atoms with Gasteiger partial charge in [-0.3, -0.25) is 4.79 Å². The molecule has 3 atom stereocenters. The Bertz CT molecular complexity index is 771. The third-order valence-corrected chi connectivity index (χ3v) is 5.73. The van der Waals surface area contributed by atoms with Gasteiger partial charge in [-0.2, -0.15) is 0 Å². The van der Waals surface area contributed by atoms with E-state index < -0.39 is 28.3 Å². The first kappa shape index (κ1) is 19.0. The molecule has 0 spiro atoms. The van der Waals surface area contributed by atoms with Crippen LogP contribution in [0.4, 0.5) is 0 Å². The molecule has 2 aliphatic rings. The van der Waals surface area contributed by atoms with Crippen LogP contribution in [-0.4, -0.2) is 60.4 Å². The third kappa shape index (κ3) is 4.91. The molecule has 9 nitrogen and oxygen atoms in total. The molecular formula is C16H24N4O5S. The first-order valence-electron chi connectivity index (χ1n) is 8.59. The Balaban J connectivity index is 1.59. The number of aromatic nitrogens is 2. The van der Waals surface area contributed by atoms with Crippen molar-refractivity contribution < 1.29 is 23.1 Å². The molecule has 1 aliphatic heterocycles. The van der Waals surface area contributed by atoms with E-state index in [9.17, 15) is 18.3 Å². The van der Waals surface area contributed by atoms with E-state index in [-0.39, 0.29) is 24.0 Å². The number of aryl methyl sites for hydroxylation is 1. The second-order valence-electron chi connectivity index (χ2n) is 6.76. The van der Waals surface area contributed by atoms with Crippen LogP contribution in [0.25, 0.3) is 0 Å².